The van der Waals surface area contributed by atoms with Crippen LogP contribution in [0.5, 0.6) is 0 Å². The van der Waals surface area contributed by atoms with Crippen molar-refractivity contribution in [2.24, 2.45) is 4.99 Å². The van der Waals surface area contributed by atoms with E-state index in [4.69, 9.17) is 0 Å². The molecule has 30 heavy (non-hydrogen) atoms. The highest BCUT2D eigenvalue weighted by molar-refractivity contribution is 14.0. The molecule has 0 aliphatic heterocycles. The van der Waals surface area contributed by atoms with Crippen LogP contribution in [-0.2, 0) is 22.6 Å². The van der Waals surface area contributed by atoms with Crippen molar-refractivity contribution in [2.45, 2.75) is 31.0 Å². The molecule has 0 fully saturated rings. The van der Waals surface area contributed by atoms with Gasteiger partial charge in [-0.2, -0.15) is 13.2 Å². The predicted octanol–water partition coefficient (Wildman–Crippen LogP) is 4.24. The van der Waals surface area contributed by atoms with Crippen molar-refractivity contribution in [3.63, 3.8) is 0 Å². The van der Waals surface area contributed by atoms with E-state index in [-0.39, 0.29) is 41.2 Å². The van der Waals surface area contributed by atoms with E-state index in [1.165, 1.54) is 6.07 Å². The molecule has 0 aromatic heterocycles. The fourth-order valence-corrected chi connectivity index (χ4v) is 3.90. The van der Waals surface area contributed by atoms with Gasteiger partial charge in [0.15, 0.2) is 15.8 Å². The summed E-state index contributed by atoms with van der Waals surface area (Å²) in [7, 11) is -3.35. The average Bonchev–Trinajstić information content (AvgIpc) is 2.69. The van der Waals surface area contributed by atoms with Crippen molar-refractivity contribution in [1.82, 2.24) is 10.6 Å². The zero-order chi connectivity index (χ0) is 21.3. The molecule has 0 atom stereocenters. The van der Waals surface area contributed by atoms with E-state index in [0.29, 0.717) is 31.0 Å². The Morgan fingerprint density at radius 1 is 1.03 bits per heavy atom. The van der Waals surface area contributed by atoms with Crippen LogP contribution in [0.4, 0.5) is 13.2 Å². The summed E-state index contributed by atoms with van der Waals surface area (Å²) in [4.78, 5) is 4.56. The maximum absolute atomic E-state index is 12.8. The summed E-state index contributed by atoms with van der Waals surface area (Å²) in [6, 6.07) is 13.2. The van der Waals surface area contributed by atoms with Gasteiger partial charge in [0.1, 0.15) is 0 Å². The molecular formula is C20H25F3IN3O2S. The van der Waals surface area contributed by atoms with Gasteiger partial charge < -0.3 is 10.6 Å². The third-order valence-corrected chi connectivity index (χ3v) is 5.82. The van der Waals surface area contributed by atoms with E-state index in [1.54, 1.807) is 36.4 Å². The fourth-order valence-electron chi connectivity index (χ4n) is 2.57. The minimum Gasteiger partial charge on any atom is -0.357 e. The molecule has 0 radical (unpaired) electrons. The third kappa shape index (κ3) is 8.50. The highest BCUT2D eigenvalue weighted by Crippen LogP contribution is 2.29. The Hall–Kier alpha value is -1.82. The van der Waals surface area contributed by atoms with Gasteiger partial charge >= 0.3 is 6.18 Å². The number of nitrogens with zero attached hydrogens (tertiary/aromatic N) is 1. The lowest BCUT2D eigenvalue weighted by atomic mass is 10.1. The number of aliphatic imine (C=N–C) groups is 1. The molecule has 0 saturated carbocycles. The zero-order valence-corrected chi connectivity index (χ0v) is 19.6. The maximum Gasteiger partial charge on any atom is 0.416 e. The van der Waals surface area contributed by atoms with Crippen LogP contribution in [0.25, 0.3) is 0 Å². The lowest BCUT2D eigenvalue weighted by molar-refractivity contribution is -0.137. The molecule has 2 aromatic carbocycles. The highest BCUT2D eigenvalue weighted by Gasteiger charge is 2.30. The van der Waals surface area contributed by atoms with Crippen molar-refractivity contribution in [1.29, 1.82) is 0 Å². The summed E-state index contributed by atoms with van der Waals surface area (Å²) < 4.78 is 62.9. The van der Waals surface area contributed by atoms with Gasteiger partial charge in [-0.15, -0.1) is 24.0 Å². The standard InChI is InChI=1S/C20H24F3N3O2S.HI/c1-2-24-19(26-15-16-8-6-9-17(14-16)20(21,22)23)25-12-7-13-29(27,28)18-10-4-3-5-11-18;/h3-6,8-11,14H,2,7,12-13,15H2,1H3,(H2,24,25,26);1H. The number of benzene rings is 2. The Morgan fingerprint density at radius 2 is 1.73 bits per heavy atom. The molecule has 10 heteroatoms. The number of hydrogen-bond acceptors (Lipinski definition) is 3. The predicted molar refractivity (Wildman–Crippen MR) is 123 cm³/mol. The summed E-state index contributed by atoms with van der Waals surface area (Å²) in [5.41, 5.74) is -0.280. The minimum atomic E-state index is -4.40. The quantitative estimate of drug-likeness (QED) is 0.221. The van der Waals surface area contributed by atoms with Gasteiger partial charge in [-0.3, -0.25) is 0 Å². The van der Waals surface area contributed by atoms with Crippen LogP contribution < -0.4 is 10.6 Å². The Kier molecular flexibility index (Phi) is 10.6. The van der Waals surface area contributed by atoms with Gasteiger partial charge in [0.05, 0.1) is 22.8 Å². The van der Waals surface area contributed by atoms with Gasteiger partial charge in [-0.05, 0) is 43.2 Å². The molecule has 2 N–H and O–H groups in total. The molecule has 0 aliphatic rings. The van der Waals surface area contributed by atoms with Crippen LogP contribution >= 0.6 is 24.0 Å². The molecule has 0 heterocycles. The van der Waals surface area contributed by atoms with Gasteiger partial charge in [-0.1, -0.05) is 30.3 Å². The highest BCUT2D eigenvalue weighted by atomic mass is 127. The van der Waals surface area contributed by atoms with Crippen molar-refractivity contribution in [3.8, 4) is 0 Å². The average molecular weight is 555 g/mol. The van der Waals surface area contributed by atoms with E-state index in [2.05, 4.69) is 15.6 Å². The Morgan fingerprint density at radius 3 is 2.37 bits per heavy atom. The molecule has 5 nitrogen and oxygen atoms in total. The first kappa shape index (κ1) is 26.2. The number of alkyl halides is 3. The fraction of sp³-hybridized carbons (Fsp3) is 0.350. The van der Waals surface area contributed by atoms with Crippen LogP contribution in [0, 0.1) is 0 Å². The topological polar surface area (TPSA) is 70.6 Å². The smallest absolute Gasteiger partial charge is 0.357 e. The van der Waals surface area contributed by atoms with E-state index >= 15 is 0 Å². The summed E-state index contributed by atoms with van der Waals surface area (Å²) in [6.07, 6.45) is -4.03. The van der Waals surface area contributed by atoms with E-state index < -0.39 is 21.6 Å². The summed E-state index contributed by atoms with van der Waals surface area (Å²) in [5, 5.41) is 6.01. The van der Waals surface area contributed by atoms with Crippen LogP contribution in [0.2, 0.25) is 0 Å². The van der Waals surface area contributed by atoms with Crippen molar-refractivity contribution >= 4 is 39.8 Å². The molecule has 0 saturated heterocycles. The Labute approximate surface area is 192 Å². The van der Waals surface area contributed by atoms with Gasteiger partial charge in [0.2, 0.25) is 0 Å². The second-order valence-electron chi connectivity index (χ2n) is 6.31. The third-order valence-electron chi connectivity index (χ3n) is 4.00. The summed E-state index contributed by atoms with van der Waals surface area (Å²) in [5.74, 6) is 0.402. The lowest BCUT2D eigenvalue weighted by Crippen LogP contribution is -2.38. The Balaban J connectivity index is 0.00000450. The molecule has 2 rings (SSSR count). The van der Waals surface area contributed by atoms with Gasteiger partial charge in [0, 0.05) is 13.1 Å². The van der Waals surface area contributed by atoms with Crippen LogP contribution in [0.3, 0.4) is 0 Å². The van der Waals surface area contributed by atoms with Crippen LogP contribution in [0.1, 0.15) is 24.5 Å². The molecule has 0 bridgehead atoms. The second-order valence-corrected chi connectivity index (χ2v) is 8.41. The van der Waals surface area contributed by atoms with E-state index in [9.17, 15) is 21.6 Å². The molecule has 0 amide bonds. The number of hydrogen-bond donors (Lipinski definition) is 2. The van der Waals surface area contributed by atoms with Gasteiger partial charge in [-0.25, -0.2) is 13.4 Å². The normalized spacial score (nSPS) is 12.2. The van der Waals surface area contributed by atoms with Crippen LogP contribution in [-0.4, -0.2) is 33.2 Å². The first-order valence-electron chi connectivity index (χ1n) is 9.18. The number of nitrogens with one attached hydrogen (secondary N) is 2. The number of sulfone groups is 1. The second kappa shape index (κ2) is 12.1. The zero-order valence-electron chi connectivity index (χ0n) is 16.4. The Bertz CT molecular complexity index is 920. The number of halogens is 4. The van der Waals surface area contributed by atoms with Crippen molar-refractivity contribution in [3.05, 3.63) is 65.7 Å². The van der Waals surface area contributed by atoms with E-state index in [0.717, 1.165) is 12.1 Å². The summed E-state index contributed by atoms with van der Waals surface area (Å²) >= 11 is 0. The molecule has 166 valence electrons. The monoisotopic (exact) mass is 555 g/mol. The maximum atomic E-state index is 12.8. The molecule has 0 aliphatic carbocycles. The summed E-state index contributed by atoms with van der Waals surface area (Å²) in [6.45, 7) is 2.86. The molecule has 0 unspecified atom stereocenters. The van der Waals surface area contributed by atoms with Crippen molar-refractivity contribution < 1.29 is 21.6 Å². The first-order chi connectivity index (χ1) is 13.7. The first-order valence-corrected chi connectivity index (χ1v) is 10.8. The largest absolute Gasteiger partial charge is 0.416 e. The van der Waals surface area contributed by atoms with E-state index in [1.807, 2.05) is 6.92 Å². The van der Waals surface area contributed by atoms with Crippen LogP contribution in [0.15, 0.2) is 64.5 Å². The number of rotatable bonds is 8. The minimum absolute atomic E-state index is 0. The number of guanidine groups is 1. The molecular weight excluding hydrogens is 530 g/mol. The molecule has 2 aromatic rings. The van der Waals surface area contributed by atoms with Gasteiger partial charge in [0.25, 0.3) is 0 Å². The molecule has 0 spiro atoms. The lowest BCUT2D eigenvalue weighted by Gasteiger charge is -2.12. The van der Waals surface area contributed by atoms with Crippen molar-refractivity contribution in [2.75, 3.05) is 18.8 Å². The SMILES string of the molecule is CCNC(=NCc1cccc(C(F)(F)F)c1)NCCCS(=O)(=O)c1ccccc1.I.